The number of thioether (sulfide) groups is 1. The molecule has 31 heavy (non-hydrogen) atoms. The number of carbonyl (C=O) groups is 1. The van der Waals surface area contributed by atoms with Crippen molar-refractivity contribution in [3.05, 3.63) is 83.3 Å². The number of benzene rings is 2. The van der Waals surface area contributed by atoms with E-state index in [9.17, 15) is 4.79 Å². The third-order valence-corrected chi connectivity index (χ3v) is 5.82. The summed E-state index contributed by atoms with van der Waals surface area (Å²) in [4.78, 5) is 12.6. The van der Waals surface area contributed by atoms with Gasteiger partial charge in [0.05, 0.1) is 24.2 Å². The Labute approximate surface area is 185 Å². The molecular formula is C23H24N6OS. The topological polar surface area (TPSA) is 77.6 Å². The van der Waals surface area contributed by atoms with Crippen LogP contribution in [-0.4, -0.2) is 36.2 Å². The molecule has 4 aromatic rings. The molecule has 1 N–H and O–H groups in total. The molecule has 0 aliphatic carbocycles. The Kier molecular flexibility index (Phi) is 6.18. The molecule has 0 radical (unpaired) electrons. The number of hydrogen-bond donors (Lipinski definition) is 1. The van der Waals surface area contributed by atoms with Crippen molar-refractivity contribution in [3.8, 4) is 5.69 Å². The minimum Gasteiger partial charge on any atom is -0.310 e. The van der Waals surface area contributed by atoms with E-state index in [1.165, 1.54) is 11.8 Å². The SMILES string of the molecule is Cc1ccc(C)c(-n2c(C)nnc2SCC(=O)Nc2ccnn2Cc2ccccc2)c1. The lowest BCUT2D eigenvalue weighted by molar-refractivity contribution is -0.113. The summed E-state index contributed by atoms with van der Waals surface area (Å²) in [5.74, 6) is 1.56. The van der Waals surface area contributed by atoms with E-state index in [1.54, 1.807) is 16.9 Å². The maximum absolute atomic E-state index is 12.6. The third kappa shape index (κ3) is 4.86. The molecule has 0 aliphatic rings. The molecule has 0 bridgehead atoms. The average Bonchev–Trinajstić information content (AvgIpc) is 3.35. The molecule has 0 aliphatic heterocycles. The summed E-state index contributed by atoms with van der Waals surface area (Å²) >= 11 is 1.36. The van der Waals surface area contributed by atoms with E-state index in [0.717, 1.165) is 28.2 Å². The van der Waals surface area contributed by atoms with Gasteiger partial charge in [-0.2, -0.15) is 5.10 Å². The number of aryl methyl sites for hydroxylation is 3. The van der Waals surface area contributed by atoms with Crippen LogP contribution >= 0.6 is 11.8 Å². The molecular weight excluding hydrogens is 408 g/mol. The van der Waals surface area contributed by atoms with E-state index in [1.807, 2.05) is 41.8 Å². The van der Waals surface area contributed by atoms with Crippen LogP contribution in [0.3, 0.4) is 0 Å². The highest BCUT2D eigenvalue weighted by atomic mass is 32.2. The van der Waals surface area contributed by atoms with E-state index in [0.29, 0.717) is 17.5 Å². The average molecular weight is 433 g/mol. The van der Waals surface area contributed by atoms with E-state index in [-0.39, 0.29) is 11.7 Å². The summed E-state index contributed by atoms with van der Waals surface area (Å²) < 4.78 is 3.78. The molecule has 0 saturated carbocycles. The molecule has 7 nitrogen and oxygen atoms in total. The van der Waals surface area contributed by atoms with Crippen LogP contribution in [0.2, 0.25) is 0 Å². The van der Waals surface area contributed by atoms with Crippen molar-refractivity contribution in [1.82, 2.24) is 24.5 Å². The van der Waals surface area contributed by atoms with Crippen molar-refractivity contribution in [1.29, 1.82) is 0 Å². The van der Waals surface area contributed by atoms with Crippen LogP contribution in [-0.2, 0) is 11.3 Å². The zero-order valence-electron chi connectivity index (χ0n) is 17.7. The van der Waals surface area contributed by atoms with Gasteiger partial charge in [0.2, 0.25) is 5.91 Å². The first kappa shape index (κ1) is 20.9. The lowest BCUT2D eigenvalue weighted by Crippen LogP contribution is -2.18. The molecule has 2 aromatic carbocycles. The Hall–Kier alpha value is -3.39. The first-order valence-corrected chi connectivity index (χ1v) is 11.0. The van der Waals surface area contributed by atoms with Gasteiger partial charge in [0.15, 0.2) is 5.16 Å². The van der Waals surface area contributed by atoms with Crippen LogP contribution in [0.4, 0.5) is 5.82 Å². The second kappa shape index (κ2) is 9.18. The predicted molar refractivity (Wildman–Crippen MR) is 123 cm³/mol. The number of rotatable bonds is 7. The fourth-order valence-electron chi connectivity index (χ4n) is 3.30. The molecule has 2 aromatic heterocycles. The highest BCUT2D eigenvalue weighted by molar-refractivity contribution is 7.99. The number of hydrogen-bond acceptors (Lipinski definition) is 5. The molecule has 8 heteroatoms. The molecule has 158 valence electrons. The zero-order valence-corrected chi connectivity index (χ0v) is 18.6. The van der Waals surface area contributed by atoms with E-state index < -0.39 is 0 Å². The van der Waals surface area contributed by atoms with Crippen molar-refractivity contribution in [2.24, 2.45) is 0 Å². The van der Waals surface area contributed by atoms with Gasteiger partial charge in [-0.05, 0) is 43.5 Å². The van der Waals surface area contributed by atoms with Crippen molar-refractivity contribution in [2.75, 3.05) is 11.1 Å². The summed E-state index contributed by atoms with van der Waals surface area (Å²) in [5, 5.41) is 16.5. The first-order valence-electron chi connectivity index (χ1n) is 9.99. The van der Waals surface area contributed by atoms with E-state index in [2.05, 4.69) is 52.7 Å². The van der Waals surface area contributed by atoms with Crippen LogP contribution < -0.4 is 5.32 Å². The molecule has 0 unspecified atom stereocenters. The Balaban J connectivity index is 1.44. The van der Waals surface area contributed by atoms with E-state index in [4.69, 9.17) is 0 Å². The number of aromatic nitrogens is 5. The molecule has 0 fully saturated rings. The van der Waals surface area contributed by atoms with Gasteiger partial charge in [0, 0.05) is 6.07 Å². The number of anilines is 1. The summed E-state index contributed by atoms with van der Waals surface area (Å²) in [6, 6.07) is 18.1. The molecule has 0 atom stereocenters. The zero-order chi connectivity index (χ0) is 21.8. The van der Waals surface area contributed by atoms with Gasteiger partial charge in [0.25, 0.3) is 0 Å². The maximum atomic E-state index is 12.6. The summed E-state index contributed by atoms with van der Waals surface area (Å²) in [6.45, 7) is 6.63. The van der Waals surface area contributed by atoms with Crippen molar-refractivity contribution < 1.29 is 4.79 Å². The standard InChI is InChI=1S/C23H24N6OS/c1-16-9-10-17(2)20(13-16)29-18(3)26-27-23(29)31-15-22(30)25-21-11-12-24-28(21)14-19-7-5-4-6-8-19/h4-13H,14-15H2,1-3H3,(H,25,30). The van der Waals surface area contributed by atoms with Gasteiger partial charge in [-0.1, -0.05) is 54.2 Å². The van der Waals surface area contributed by atoms with Crippen LogP contribution in [0.15, 0.2) is 66.0 Å². The van der Waals surface area contributed by atoms with Crippen molar-refractivity contribution >= 4 is 23.5 Å². The first-order chi connectivity index (χ1) is 15.0. The minimum absolute atomic E-state index is 0.118. The molecule has 1 amide bonds. The smallest absolute Gasteiger partial charge is 0.235 e. The van der Waals surface area contributed by atoms with Crippen molar-refractivity contribution in [3.63, 3.8) is 0 Å². The Morgan fingerprint density at radius 3 is 2.65 bits per heavy atom. The van der Waals surface area contributed by atoms with Crippen LogP contribution in [0.5, 0.6) is 0 Å². The fourth-order valence-corrected chi connectivity index (χ4v) is 4.09. The lowest BCUT2D eigenvalue weighted by atomic mass is 10.1. The Morgan fingerprint density at radius 2 is 1.84 bits per heavy atom. The summed E-state index contributed by atoms with van der Waals surface area (Å²) in [6.07, 6.45) is 1.69. The molecule has 0 spiro atoms. The quantitative estimate of drug-likeness (QED) is 0.444. The van der Waals surface area contributed by atoms with Gasteiger partial charge >= 0.3 is 0 Å². The second-order valence-electron chi connectivity index (χ2n) is 7.35. The predicted octanol–water partition coefficient (Wildman–Crippen LogP) is 4.17. The van der Waals surface area contributed by atoms with Gasteiger partial charge in [-0.25, -0.2) is 4.68 Å². The van der Waals surface area contributed by atoms with Crippen molar-refractivity contribution in [2.45, 2.75) is 32.5 Å². The number of carbonyl (C=O) groups excluding carboxylic acids is 1. The molecule has 2 heterocycles. The second-order valence-corrected chi connectivity index (χ2v) is 8.29. The Bertz CT molecular complexity index is 1200. The van der Waals surface area contributed by atoms with E-state index >= 15 is 0 Å². The molecule has 4 rings (SSSR count). The number of nitrogens with zero attached hydrogens (tertiary/aromatic N) is 5. The summed E-state index contributed by atoms with van der Waals surface area (Å²) in [7, 11) is 0. The number of nitrogens with one attached hydrogen (secondary N) is 1. The Morgan fingerprint density at radius 1 is 1.03 bits per heavy atom. The van der Waals surface area contributed by atoms with Gasteiger partial charge in [-0.15, -0.1) is 10.2 Å². The normalized spacial score (nSPS) is 10.9. The highest BCUT2D eigenvalue weighted by Crippen LogP contribution is 2.25. The summed E-state index contributed by atoms with van der Waals surface area (Å²) in [5.41, 5.74) is 4.44. The monoisotopic (exact) mass is 432 g/mol. The van der Waals surface area contributed by atoms with Crippen LogP contribution in [0.1, 0.15) is 22.5 Å². The maximum Gasteiger partial charge on any atom is 0.235 e. The fraction of sp³-hybridized carbons (Fsp3) is 0.217. The minimum atomic E-state index is -0.118. The van der Waals surface area contributed by atoms with Gasteiger partial charge < -0.3 is 5.32 Å². The number of amides is 1. The third-order valence-electron chi connectivity index (χ3n) is 4.89. The highest BCUT2D eigenvalue weighted by Gasteiger charge is 2.16. The van der Waals surface area contributed by atoms with Gasteiger partial charge in [-0.3, -0.25) is 9.36 Å². The van der Waals surface area contributed by atoms with Gasteiger partial charge in [0.1, 0.15) is 11.6 Å². The van der Waals surface area contributed by atoms with Crippen LogP contribution in [0.25, 0.3) is 5.69 Å². The van der Waals surface area contributed by atoms with Crippen LogP contribution in [0, 0.1) is 20.8 Å². The lowest BCUT2D eigenvalue weighted by Gasteiger charge is -2.12. The molecule has 0 saturated heterocycles. The largest absolute Gasteiger partial charge is 0.310 e.